The molecular formula is C16H13N7O3S. The SMILES string of the molecule is Cc1c(C(=O)NCc2cn3ccsc3n2)nnn1-c1cccc([N+](=O)[O-])c1. The van der Waals surface area contributed by atoms with E-state index in [1.807, 2.05) is 22.2 Å². The lowest BCUT2D eigenvalue weighted by molar-refractivity contribution is -0.384. The molecule has 136 valence electrons. The van der Waals surface area contributed by atoms with E-state index < -0.39 is 4.92 Å². The number of benzene rings is 1. The first-order chi connectivity index (χ1) is 13.0. The number of nitrogens with one attached hydrogen (secondary N) is 1. The number of thiazole rings is 1. The summed E-state index contributed by atoms with van der Waals surface area (Å²) in [5, 5.41) is 23.5. The second kappa shape index (κ2) is 6.61. The first kappa shape index (κ1) is 16.8. The van der Waals surface area contributed by atoms with E-state index in [2.05, 4.69) is 20.6 Å². The van der Waals surface area contributed by atoms with Gasteiger partial charge in [-0.1, -0.05) is 11.3 Å². The number of nitrogens with zero attached hydrogens (tertiary/aromatic N) is 6. The molecule has 1 amide bonds. The Kier molecular flexibility index (Phi) is 4.12. The van der Waals surface area contributed by atoms with Gasteiger partial charge >= 0.3 is 0 Å². The summed E-state index contributed by atoms with van der Waals surface area (Å²) in [6, 6.07) is 5.98. The Hall–Kier alpha value is -3.60. The maximum absolute atomic E-state index is 12.4. The molecule has 0 aliphatic heterocycles. The molecule has 4 rings (SSSR count). The van der Waals surface area contributed by atoms with E-state index in [0.29, 0.717) is 11.4 Å². The summed E-state index contributed by atoms with van der Waals surface area (Å²) >= 11 is 1.51. The number of rotatable bonds is 5. The molecule has 1 aromatic carbocycles. The quantitative estimate of drug-likeness (QED) is 0.416. The van der Waals surface area contributed by atoms with Gasteiger partial charge in [0, 0.05) is 29.9 Å². The maximum Gasteiger partial charge on any atom is 0.274 e. The van der Waals surface area contributed by atoms with E-state index in [4.69, 9.17) is 0 Å². The highest BCUT2D eigenvalue weighted by atomic mass is 32.1. The van der Waals surface area contributed by atoms with Gasteiger partial charge < -0.3 is 5.32 Å². The van der Waals surface area contributed by atoms with Crippen molar-refractivity contribution in [2.75, 3.05) is 0 Å². The van der Waals surface area contributed by atoms with Gasteiger partial charge in [-0.05, 0) is 13.0 Å². The minimum Gasteiger partial charge on any atom is -0.345 e. The van der Waals surface area contributed by atoms with Crippen molar-refractivity contribution < 1.29 is 9.72 Å². The van der Waals surface area contributed by atoms with Crippen molar-refractivity contribution in [2.45, 2.75) is 13.5 Å². The zero-order chi connectivity index (χ0) is 19.0. The molecule has 0 saturated heterocycles. The molecule has 0 aliphatic rings. The monoisotopic (exact) mass is 383 g/mol. The van der Waals surface area contributed by atoms with Crippen molar-refractivity contribution >= 4 is 27.9 Å². The fraction of sp³-hybridized carbons (Fsp3) is 0.125. The van der Waals surface area contributed by atoms with Gasteiger partial charge in [-0.25, -0.2) is 9.67 Å². The number of fused-ring (bicyclic) bond motifs is 1. The summed E-state index contributed by atoms with van der Waals surface area (Å²) in [5.41, 5.74) is 1.77. The molecule has 10 nitrogen and oxygen atoms in total. The van der Waals surface area contributed by atoms with Gasteiger partial charge in [0.15, 0.2) is 10.7 Å². The number of nitro groups is 1. The minimum atomic E-state index is -0.487. The standard InChI is InChI=1S/C16H13N7O3S/c1-10-14(15(24)17-8-11-9-21-5-6-27-16(21)18-11)19-20-22(10)12-3-2-4-13(7-12)23(25)26/h2-7,9H,8H2,1H3,(H,17,24). The number of amides is 1. The highest BCUT2D eigenvalue weighted by Gasteiger charge is 2.18. The second-order valence-corrected chi connectivity index (χ2v) is 6.59. The summed E-state index contributed by atoms with van der Waals surface area (Å²) in [5.74, 6) is -0.388. The van der Waals surface area contributed by atoms with Crippen LogP contribution in [0.25, 0.3) is 10.6 Å². The molecule has 0 atom stereocenters. The Bertz CT molecular complexity index is 1130. The minimum absolute atomic E-state index is 0.0619. The molecule has 27 heavy (non-hydrogen) atoms. The molecule has 0 fully saturated rings. The zero-order valence-electron chi connectivity index (χ0n) is 14.1. The van der Waals surface area contributed by atoms with Crippen molar-refractivity contribution in [3.8, 4) is 5.69 Å². The van der Waals surface area contributed by atoms with Crippen LogP contribution in [-0.4, -0.2) is 35.2 Å². The lowest BCUT2D eigenvalue weighted by Gasteiger charge is -2.04. The van der Waals surface area contributed by atoms with Gasteiger partial charge in [0.1, 0.15) is 0 Å². The van der Waals surface area contributed by atoms with Gasteiger partial charge in [-0.3, -0.25) is 19.3 Å². The Balaban J connectivity index is 1.52. The number of aromatic nitrogens is 5. The van der Waals surface area contributed by atoms with E-state index in [-0.39, 0.29) is 23.8 Å². The van der Waals surface area contributed by atoms with Crippen LogP contribution in [0.3, 0.4) is 0 Å². The highest BCUT2D eigenvalue weighted by Crippen LogP contribution is 2.18. The molecular weight excluding hydrogens is 370 g/mol. The second-order valence-electron chi connectivity index (χ2n) is 5.72. The molecule has 1 N–H and O–H groups in total. The Morgan fingerprint density at radius 2 is 2.26 bits per heavy atom. The van der Waals surface area contributed by atoms with Gasteiger partial charge in [-0.2, -0.15) is 0 Å². The van der Waals surface area contributed by atoms with Gasteiger partial charge in [0.05, 0.1) is 28.5 Å². The molecule has 0 spiro atoms. The number of nitro benzene ring substituents is 1. The van der Waals surface area contributed by atoms with Crippen LogP contribution in [0.15, 0.2) is 42.0 Å². The average Bonchev–Trinajstić information content (AvgIpc) is 3.34. The lowest BCUT2D eigenvalue weighted by Crippen LogP contribution is -2.24. The zero-order valence-corrected chi connectivity index (χ0v) is 14.9. The third kappa shape index (κ3) is 3.15. The summed E-state index contributed by atoms with van der Waals surface area (Å²) in [7, 11) is 0. The van der Waals surface area contributed by atoms with E-state index >= 15 is 0 Å². The van der Waals surface area contributed by atoms with E-state index in [1.165, 1.54) is 28.2 Å². The topological polar surface area (TPSA) is 120 Å². The smallest absolute Gasteiger partial charge is 0.274 e. The molecule has 0 aliphatic carbocycles. The Labute approximate surface area is 156 Å². The van der Waals surface area contributed by atoms with E-state index in [9.17, 15) is 14.9 Å². The first-order valence-electron chi connectivity index (χ1n) is 7.89. The molecule has 3 heterocycles. The van der Waals surface area contributed by atoms with Crippen LogP contribution in [0, 0.1) is 17.0 Å². The third-order valence-electron chi connectivity index (χ3n) is 3.97. The average molecular weight is 383 g/mol. The molecule has 0 bridgehead atoms. The highest BCUT2D eigenvalue weighted by molar-refractivity contribution is 7.15. The Morgan fingerprint density at radius 1 is 1.41 bits per heavy atom. The molecule has 0 radical (unpaired) electrons. The summed E-state index contributed by atoms with van der Waals surface area (Å²) < 4.78 is 3.28. The first-order valence-corrected chi connectivity index (χ1v) is 8.77. The number of hydrogen-bond acceptors (Lipinski definition) is 7. The largest absolute Gasteiger partial charge is 0.345 e. The normalized spacial score (nSPS) is 11.0. The van der Waals surface area contributed by atoms with Crippen LogP contribution in [0.2, 0.25) is 0 Å². The third-order valence-corrected chi connectivity index (χ3v) is 4.74. The van der Waals surface area contributed by atoms with Crippen molar-refractivity contribution in [3.63, 3.8) is 0 Å². The van der Waals surface area contributed by atoms with Gasteiger partial charge in [0.25, 0.3) is 11.6 Å². The van der Waals surface area contributed by atoms with E-state index in [1.54, 1.807) is 19.1 Å². The van der Waals surface area contributed by atoms with Crippen molar-refractivity contribution in [1.82, 2.24) is 29.7 Å². The summed E-state index contributed by atoms with van der Waals surface area (Å²) in [6.07, 6.45) is 3.74. The van der Waals surface area contributed by atoms with Crippen LogP contribution < -0.4 is 5.32 Å². The number of imidazole rings is 1. The van der Waals surface area contributed by atoms with Crippen molar-refractivity contribution in [2.24, 2.45) is 0 Å². The number of non-ortho nitro benzene ring substituents is 1. The predicted octanol–water partition coefficient (Wildman–Crippen LogP) is 2.12. The fourth-order valence-electron chi connectivity index (χ4n) is 2.64. The number of hydrogen-bond donors (Lipinski definition) is 1. The van der Waals surface area contributed by atoms with Gasteiger partial charge in [-0.15, -0.1) is 16.4 Å². The molecule has 0 saturated carbocycles. The van der Waals surface area contributed by atoms with Gasteiger partial charge in [0.2, 0.25) is 0 Å². The van der Waals surface area contributed by atoms with Crippen LogP contribution in [0.5, 0.6) is 0 Å². The Morgan fingerprint density at radius 3 is 3.04 bits per heavy atom. The van der Waals surface area contributed by atoms with E-state index in [0.717, 1.165) is 10.7 Å². The number of carbonyl (C=O) groups excluding carboxylic acids is 1. The predicted molar refractivity (Wildman–Crippen MR) is 97.0 cm³/mol. The van der Waals surface area contributed by atoms with Crippen molar-refractivity contribution in [1.29, 1.82) is 0 Å². The number of carbonyl (C=O) groups is 1. The molecule has 4 aromatic rings. The van der Waals surface area contributed by atoms with Crippen LogP contribution in [0.1, 0.15) is 21.9 Å². The van der Waals surface area contributed by atoms with Crippen molar-refractivity contribution in [3.05, 3.63) is 69.2 Å². The van der Waals surface area contributed by atoms with Crippen LogP contribution in [-0.2, 0) is 6.54 Å². The van der Waals surface area contributed by atoms with Crippen LogP contribution in [0.4, 0.5) is 5.69 Å². The lowest BCUT2D eigenvalue weighted by atomic mass is 10.2. The molecule has 0 unspecified atom stereocenters. The maximum atomic E-state index is 12.4. The fourth-order valence-corrected chi connectivity index (χ4v) is 3.36. The summed E-state index contributed by atoms with van der Waals surface area (Å²) in [4.78, 5) is 28.2. The molecule has 11 heteroatoms. The van der Waals surface area contributed by atoms with Crippen LogP contribution >= 0.6 is 11.3 Å². The summed E-state index contributed by atoms with van der Waals surface area (Å²) in [6.45, 7) is 1.94. The molecule has 3 aromatic heterocycles.